The van der Waals surface area contributed by atoms with Gasteiger partial charge in [-0.05, 0) is 43.6 Å². The van der Waals surface area contributed by atoms with Gasteiger partial charge in [0.25, 0.3) is 0 Å². The monoisotopic (exact) mass is 294 g/mol. The molecule has 4 nitrogen and oxygen atoms in total. The number of carbonyl (C=O) groups is 1. The van der Waals surface area contributed by atoms with Crippen molar-refractivity contribution in [1.82, 2.24) is 10.2 Å². The van der Waals surface area contributed by atoms with Gasteiger partial charge in [-0.2, -0.15) is 0 Å². The third kappa shape index (κ3) is 5.44. The summed E-state index contributed by atoms with van der Waals surface area (Å²) in [6, 6.07) is 6.33. The summed E-state index contributed by atoms with van der Waals surface area (Å²) in [6.45, 7) is 2.84. The van der Waals surface area contributed by atoms with Crippen molar-refractivity contribution in [2.75, 3.05) is 26.7 Å². The molecule has 5 heteroatoms. The van der Waals surface area contributed by atoms with Crippen LogP contribution in [-0.4, -0.2) is 43.7 Å². The molecule has 116 valence electrons. The maximum atomic E-state index is 13.1. The third-order valence-corrected chi connectivity index (χ3v) is 3.69. The van der Waals surface area contributed by atoms with E-state index in [4.69, 9.17) is 4.74 Å². The van der Waals surface area contributed by atoms with Crippen LogP contribution in [-0.2, 0) is 16.1 Å². The van der Waals surface area contributed by atoms with E-state index in [1.165, 1.54) is 12.1 Å². The topological polar surface area (TPSA) is 41.6 Å². The van der Waals surface area contributed by atoms with E-state index in [1.54, 1.807) is 18.0 Å². The molecule has 0 radical (unpaired) electrons. The van der Waals surface area contributed by atoms with E-state index in [1.807, 2.05) is 6.07 Å². The number of benzene rings is 1. The molecule has 0 saturated carbocycles. The molecular formula is C16H23FN2O2. The average Bonchev–Trinajstić information content (AvgIpc) is 2.48. The fourth-order valence-corrected chi connectivity index (χ4v) is 2.46. The third-order valence-electron chi connectivity index (χ3n) is 3.69. The molecule has 0 spiro atoms. The Kier molecular flexibility index (Phi) is 6.14. The van der Waals surface area contributed by atoms with Crippen LogP contribution in [0.25, 0.3) is 0 Å². The van der Waals surface area contributed by atoms with Crippen molar-refractivity contribution in [2.24, 2.45) is 0 Å². The Morgan fingerprint density at radius 3 is 2.90 bits per heavy atom. The molecule has 0 bridgehead atoms. The van der Waals surface area contributed by atoms with E-state index in [0.717, 1.165) is 31.5 Å². The molecule has 1 aliphatic heterocycles. The van der Waals surface area contributed by atoms with Crippen LogP contribution in [0.15, 0.2) is 24.3 Å². The quantitative estimate of drug-likeness (QED) is 0.872. The molecular weight excluding hydrogens is 271 g/mol. The first-order valence-electron chi connectivity index (χ1n) is 7.46. The van der Waals surface area contributed by atoms with E-state index in [2.05, 4.69) is 5.32 Å². The van der Waals surface area contributed by atoms with Gasteiger partial charge in [-0.3, -0.25) is 4.79 Å². The Morgan fingerprint density at radius 2 is 2.19 bits per heavy atom. The number of rotatable bonds is 6. The normalized spacial score (nSPS) is 15.9. The predicted octanol–water partition coefficient (Wildman–Crippen LogP) is 1.94. The Morgan fingerprint density at radius 1 is 1.43 bits per heavy atom. The minimum absolute atomic E-state index is 0.0215. The zero-order valence-electron chi connectivity index (χ0n) is 12.5. The first-order valence-corrected chi connectivity index (χ1v) is 7.46. The van der Waals surface area contributed by atoms with Crippen LogP contribution in [0.4, 0.5) is 4.39 Å². The Hall–Kier alpha value is -1.46. The summed E-state index contributed by atoms with van der Waals surface area (Å²) in [5, 5.41) is 3.28. The van der Waals surface area contributed by atoms with Crippen LogP contribution in [0, 0.1) is 5.82 Å². The molecule has 1 amide bonds. The van der Waals surface area contributed by atoms with Crippen LogP contribution >= 0.6 is 0 Å². The summed E-state index contributed by atoms with van der Waals surface area (Å²) in [4.78, 5) is 13.6. The summed E-state index contributed by atoms with van der Waals surface area (Å²) in [5.41, 5.74) is 0.796. The molecule has 1 aromatic carbocycles. The molecule has 1 saturated heterocycles. The predicted molar refractivity (Wildman–Crippen MR) is 79.3 cm³/mol. The van der Waals surface area contributed by atoms with Gasteiger partial charge >= 0.3 is 0 Å². The first kappa shape index (κ1) is 15.9. The second-order valence-corrected chi connectivity index (χ2v) is 5.45. The molecule has 1 N–H and O–H groups in total. The van der Waals surface area contributed by atoms with Gasteiger partial charge < -0.3 is 15.0 Å². The van der Waals surface area contributed by atoms with Crippen LogP contribution in [0.2, 0.25) is 0 Å². The molecule has 1 heterocycles. The smallest absolute Gasteiger partial charge is 0.224 e. The highest BCUT2D eigenvalue weighted by atomic mass is 19.1. The largest absolute Gasteiger partial charge is 0.378 e. The maximum absolute atomic E-state index is 13.1. The zero-order valence-corrected chi connectivity index (χ0v) is 12.5. The van der Waals surface area contributed by atoms with E-state index in [0.29, 0.717) is 19.6 Å². The highest BCUT2D eigenvalue weighted by Crippen LogP contribution is 2.09. The second-order valence-electron chi connectivity index (χ2n) is 5.45. The van der Waals surface area contributed by atoms with E-state index in [-0.39, 0.29) is 17.8 Å². The molecule has 1 fully saturated rings. The van der Waals surface area contributed by atoms with Crippen molar-refractivity contribution in [3.63, 3.8) is 0 Å². The number of piperidine rings is 1. The molecule has 0 aliphatic carbocycles. The minimum Gasteiger partial charge on any atom is -0.378 e. The van der Waals surface area contributed by atoms with Crippen molar-refractivity contribution in [3.05, 3.63) is 35.6 Å². The number of nitrogens with one attached hydrogen (secondary N) is 1. The van der Waals surface area contributed by atoms with Gasteiger partial charge in [-0.1, -0.05) is 12.1 Å². The zero-order chi connectivity index (χ0) is 15.1. The summed E-state index contributed by atoms with van der Waals surface area (Å²) >= 11 is 0. The highest BCUT2D eigenvalue weighted by molar-refractivity contribution is 5.75. The van der Waals surface area contributed by atoms with Gasteiger partial charge in [0.2, 0.25) is 5.91 Å². The van der Waals surface area contributed by atoms with E-state index in [9.17, 15) is 9.18 Å². The van der Waals surface area contributed by atoms with Gasteiger partial charge in [0.15, 0.2) is 0 Å². The van der Waals surface area contributed by atoms with Crippen molar-refractivity contribution >= 4 is 5.91 Å². The van der Waals surface area contributed by atoms with Crippen molar-refractivity contribution in [3.8, 4) is 0 Å². The summed E-state index contributed by atoms with van der Waals surface area (Å²) in [6.07, 6.45) is 2.66. The number of halogens is 1. The molecule has 0 aromatic heterocycles. The van der Waals surface area contributed by atoms with E-state index < -0.39 is 0 Å². The van der Waals surface area contributed by atoms with Crippen molar-refractivity contribution in [1.29, 1.82) is 0 Å². The molecule has 21 heavy (non-hydrogen) atoms. The van der Waals surface area contributed by atoms with Gasteiger partial charge in [0.05, 0.1) is 19.1 Å². The number of carbonyl (C=O) groups excluding carboxylic acids is 1. The lowest BCUT2D eigenvalue weighted by Crippen LogP contribution is -2.33. The van der Waals surface area contributed by atoms with Crippen LogP contribution < -0.4 is 5.32 Å². The summed E-state index contributed by atoms with van der Waals surface area (Å²) in [5.74, 6) is -0.254. The van der Waals surface area contributed by atoms with Gasteiger partial charge in [0.1, 0.15) is 5.82 Å². The molecule has 0 atom stereocenters. The SMILES string of the molecule is CN(Cc1cccc(F)c1)C(=O)CCOC1CCNCC1. The van der Waals surface area contributed by atoms with E-state index >= 15 is 0 Å². The number of hydrogen-bond donors (Lipinski definition) is 1. The lowest BCUT2D eigenvalue weighted by Gasteiger charge is -2.23. The fraction of sp³-hybridized carbons (Fsp3) is 0.562. The summed E-state index contributed by atoms with van der Waals surface area (Å²) in [7, 11) is 1.73. The minimum atomic E-state index is -0.275. The van der Waals surface area contributed by atoms with Crippen LogP contribution in [0.3, 0.4) is 0 Å². The summed E-state index contributed by atoms with van der Waals surface area (Å²) < 4.78 is 18.8. The molecule has 1 aliphatic rings. The number of hydrogen-bond acceptors (Lipinski definition) is 3. The lowest BCUT2D eigenvalue weighted by atomic mass is 10.1. The van der Waals surface area contributed by atoms with Gasteiger partial charge in [-0.25, -0.2) is 4.39 Å². The van der Waals surface area contributed by atoms with Crippen LogP contribution in [0.1, 0.15) is 24.8 Å². The molecule has 1 aromatic rings. The van der Waals surface area contributed by atoms with Crippen LogP contribution in [0.5, 0.6) is 0 Å². The van der Waals surface area contributed by atoms with Gasteiger partial charge in [-0.15, -0.1) is 0 Å². The lowest BCUT2D eigenvalue weighted by molar-refractivity contribution is -0.132. The van der Waals surface area contributed by atoms with Gasteiger partial charge in [0, 0.05) is 13.6 Å². The Bertz CT molecular complexity index is 461. The second kappa shape index (κ2) is 8.10. The molecule has 0 unspecified atom stereocenters. The fourth-order valence-electron chi connectivity index (χ4n) is 2.46. The number of amides is 1. The molecule has 2 rings (SSSR count). The van der Waals surface area contributed by atoms with Crippen molar-refractivity contribution in [2.45, 2.75) is 31.9 Å². The number of ether oxygens (including phenoxy) is 1. The number of nitrogens with zero attached hydrogens (tertiary/aromatic N) is 1. The Balaban J connectivity index is 1.69. The Labute approximate surface area is 125 Å². The van der Waals surface area contributed by atoms with Crippen molar-refractivity contribution < 1.29 is 13.9 Å². The maximum Gasteiger partial charge on any atom is 0.224 e. The standard InChI is InChI=1S/C16H23FN2O2/c1-19(12-13-3-2-4-14(17)11-13)16(20)7-10-21-15-5-8-18-9-6-15/h2-4,11,15,18H,5-10,12H2,1H3. The first-order chi connectivity index (χ1) is 10.1. The highest BCUT2D eigenvalue weighted by Gasteiger charge is 2.15. The average molecular weight is 294 g/mol.